The molecule has 0 aromatic heterocycles. The number of nitrogens with one attached hydrogen (secondary N) is 1. The van der Waals surface area contributed by atoms with E-state index in [4.69, 9.17) is 5.11 Å². The van der Waals surface area contributed by atoms with Crippen LogP contribution in [0.2, 0.25) is 0 Å². The highest BCUT2D eigenvalue weighted by atomic mass is 32.2. The third-order valence-corrected chi connectivity index (χ3v) is 4.43. The Morgan fingerprint density at radius 1 is 1.60 bits per heavy atom. The topological polar surface area (TPSA) is 83.5 Å². The molecule has 2 atom stereocenters. The third kappa shape index (κ3) is 3.46. The summed E-state index contributed by atoms with van der Waals surface area (Å²) in [7, 11) is -3.01. The van der Waals surface area contributed by atoms with Crippen LogP contribution in [0.4, 0.5) is 0 Å². The molecular weight excluding hydrogens is 218 g/mol. The second kappa shape index (κ2) is 4.94. The van der Waals surface area contributed by atoms with Crippen LogP contribution in [0.25, 0.3) is 0 Å². The molecule has 0 aromatic carbocycles. The van der Waals surface area contributed by atoms with E-state index in [0.717, 1.165) is 0 Å². The molecule has 5 nitrogen and oxygen atoms in total. The van der Waals surface area contributed by atoms with Gasteiger partial charge in [0, 0.05) is 0 Å². The van der Waals surface area contributed by atoms with Crippen LogP contribution in [0.15, 0.2) is 0 Å². The quantitative estimate of drug-likeness (QED) is 0.675. The molecule has 0 saturated carbocycles. The van der Waals surface area contributed by atoms with Crippen LogP contribution in [-0.4, -0.2) is 43.6 Å². The van der Waals surface area contributed by atoms with Crippen LogP contribution < -0.4 is 5.32 Å². The zero-order valence-corrected chi connectivity index (χ0v) is 9.59. The number of rotatable bonds is 4. The van der Waals surface area contributed by atoms with Gasteiger partial charge in [-0.05, 0) is 12.8 Å². The van der Waals surface area contributed by atoms with Crippen molar-refractivity contribution in [2.75, 3.05) is 18.1 Å². The van der Waals surface area contributed by atoms with Crippen LogP contribution in [0, 0.1) is 5.92 Å². The lowest BCUT2D eigenvalue weighted by atomic mass is 10.1. The Balaban J connectivity index is 2.49. The Morgan fingerprint density at radius 3 is 2.67 bits per heavy atom. The number of sulfone groups is 1. The molecule has 6 heteroatoms. The molecule has 15 heavy (non-hydrogen) atoms. The van der Waals surface area contributed by atoms with Crippen molar-refractivity contribution < 1.29 is 18.3 Å². The minimum Gasteiger partial charge on any atom is -0.394 e. The maximum absolute atomic E-state index is 11.6. The van der Waals surface area contributed by atoms with Gasteiger partial charge in [-0.3, -0.25) is 4.79 Å². The van der Waals surface area contributed by atoms with Gasteiger partial charge in [-0.2, -0.15) is 0 Å². The molecule has 1 aliphatic rings. The molecule has 0 aromatic rings. The molecule has 0 radical (unpaired) electrons. The van der Waals surface area contributed by atoms with E-state index in [9.17, 15) is 13.2 Å². The largest absolute Gasteiger partial charge is 0.394 e. The molecule has 0 aliphatic carbocycles. The maximum Gasteiger partial charge on any atom is 0.224 e. The molecule has 1 rings (SSSR count). The van der Waals surface area contributed by atoms with Crippen molar-refractivity contribution >= 4 is 15.7 Å². The van der Waals surface area contributed by atoms with Gasteiger partial charge in [-0.15, -0.1) is 0 Å². The molecule has 0 bridgehead atoms. The minimum atomic E-state index is -3.01. The second-order valence-corrected chi connectivity index (χ2v) is 6.13. The van der Waals surface area contributed by atoms with Gasteiger partial charge in [0.1, 0.15) is 0 Å². The molecule has 1 saturated heterocycles. The van der Waals surface area contributed by atoms with Gasteiger partial charge >= 0.3 is 0 Å². The maximum atomic E-state index is 11.6. The number of carbonyl (C=O) groups excluding carboxylic acids is 1. The van der Waals surface area contributed by atoms with E-state index >= 15 is 0 Å². The highest BCUT2D eigenvalue weighted by Gasteiger charge is 2.33. The lowest BCUT2D eigenvalue weighted by molar-refractivity contribution is -0.125. The highest BCUT2D eigenvalue weighted by Crippen LogP contribution is 2.18. The predicted octanol–water partition coefficient (Wildman–Crippen LogP) is -0.692. The number of aliphatic hydroxyl groups excluding tert-OH is 1. The van der Waals surface area contributed by atoms with Crippen LogP contribution in [-0.2, 0) is 14.6 Å². The van der Waals surface area contributed by atoms with Gasteiger partial charge in [0.15, 0.2) is 9.84 Å². The van der Waals surface area contributed by atoms with E-state index in [-0.39, 0.29) is 30.1 Å². The van der Waals surface area contributed by atoms with Crippen molar-refractivity contribution in [3.05, 3.63) is 0 Å². The Hall–Kier alpha value is -0.620. The fraction of sp³-hybridized carbons (Fsp3) is 0.889. The van der Waals surface area contributed by atoms with E-state index < -0.39 is 15.8 Å². The standard InChI is InChI=1S/C9H17NO4S/c1-2-8(5-11)10-9(12)7-3-4-15(13,14)6-7/h7-8,11H,2-6H2,1H3,(H,10,12)/t7?,8-/m1/s1. The predicted molar refractivity (Wildman–Crippen MR) is 56.1 cm³/mol. The monoisotopic (exact) mass is 235 g/mol. The van der Waals surface area contributed by atoms with Gasteiger partial charge < -0.3 is 10.4 Å². The summed E-state index contributed by atoms with van der Waals surface area (Å²) in [4.78, 5) is 11.6. The zero-order chi connectivity index (χ0) is 11.5. The Kier molecular flexibility index (Phi) is 4.10. The lowest BCUT2D eigenvalue weighted by Crippen LogP contribution is -2.41. The molecule has 0 spiro atoms. The average molecular weight is 235 g/mol. The van der Waals surface area contributed by atoms with Crippen molar-refractivity contribution in [1.82, 2.24) is 5.32 Å². The van der Waals surface area contributed by atoms with Gasteiger partial charge in [0.2, 0.25) is 5.91 Å². The fourth-order valence-corrected chi connectivity index (χ4v) is 3.34. The first-order chi connectivity index (χ1) is 6.98. The molecule has 1 aliphatic heterocycles. The van der Waals surface area contributed by atoms with Gasteiger partial charge in [-0.25, -0.2) is 8.42 Å². The first kappa shape index (κ1) is 12.4. The molecular formula is C9H17NO4S. The second-order valence-electron chi connectivity index (χ2n) is 3.90. The number of hydrogen-bond donors (Lipinski definition) is 2. The summed E-state index contributed by atoms with van der Waals surface area (Å²) in [6, 6.07) is -0.263. The Morgan fingerprint density at radius 2 is 2.27 bits per heavy atom. The van der Waals surface area contributed by atoms with Gasteiger partial charge in [0.05, 0.1) is 30.1 Å². The summed E-state index contributed by atoms with van der Waals surface area (Å²) in [5.41, 5.74) is 0. The summed E-state index contributed by atoms with van der Waals surface area (Å²) in [5, 5.41) is 11.5. The first-order valence-corrected chi connectivity index (χ1v) is 6.92. The summed E-state index contributed by atoms with van der Waals surface area (Å²) in [5.74, 6) is -0.644. The third-order valence-electron chi connectivity index (χ3n) is 2.66. The number of carbonyl (C=O) groups is 1. The van der Waals surface area contributed by atoms with E-state index in [1.165, 1.54) is 0 Å². The first-order valence-electron chi connectivity index (χ1n) is 5.10. The molecule has 88 valence electrons. The Labute approximate surface area is 89.8 Å². The van der Waals surface area contributed by atoms with Crippen LogP contribution in [0.5, 0.6) is 0 Å². The van der Waals surface area contributed by atoms with E-state index in [2.05, 4.69) is 5.32 Å². The summed E-state index contributed by atoms with van der Waals surface area (Å²) in [6.45, 7) is 1.74. The van der Waals surface area contributed by atoms with Crippen molar-refractivity contribution in [1.29, 1.82) is 0 Å². The SMILES string of the molecule is CC[C@H](CO)NC(=O)C1CCS(=O)(=O)C1. The van der Waals surface area contributed by atoms with Crippen LogP contribution >= 0.6 is 0 Å². The van der Waals surface area contributed by atoms with Crippen molar-refractivity contribution in [2.24, 2.45) is 5.92 Å². The van der Waals surface area contributed by atoms with E-state index in [1.807, 2.05) is 6.92 Å². The molecule has 1 unspecified atom stereocenters. The average Bonchev–Trinajstić information content (AvgIpc) is 2.55. The zero-order valence-electron chi connectivity index (χ0n) is 8.77. The molecule has 1 fully saturated rings. The Bertz CT molecular complexity index is 321. The number of amides is 1. The summed E-state index contributed by atoms with van der Waals surface area (Å²) in [6.07, 6.45) is 1.04. The van der Waals surface area contributed by atoms with Gasteiger partial charge in [-0.1, -0.05) is 6.92 Å². The molecule has 1 amide bonds. The normalized spacial score (nSPS) is 26.1. The van der Waals surface area contributed by atoms with Crippen molar-refractivity contribution in [2.45, 2.75) is 25.8 Å². The van der Waals surface area contributed by atoms with E-state index in [1.54, 1.807) is 0 Å². The van der Waals surface area contributed by atoms with Gasteiger partial charge in [0.25, 0.3) is 0 Å². The number of aliphatic hydroxyl groups is 1. The molecule has 1 heterocycles. The number of hydrogen-bond acceptors (Lipinski definition) is 4. The minimum absolute atomic E-state index is 0.0549. The molecule has 2 N–H and O–H groups in total. The van der Waals surface area contributed by atoms with Crippen molar-refractivity contribution in [3.63, 3.8) is 0 Å². The smallest absolute Gasteiger partial charge is 0.224 e. The van der Waals surface area contributed by atoms with Crippen molar-refractivity contribution in [3.8, 4) is 0 Å². The lowest BCUT2D eigenvalue weighted by Gasteiger charge is -2.16. The van der Waals surface area contributed by atoms with Crippen LogP contribution in [0.3, 0.4) is 0 Å². The van der Waals surface area contributed by atoms with Crippen LogP contribution in [0.1, 0.15) is 19.8 Å². The highest BCUT2D eigenvalue weighted by molar-refractivity contribution is 7.91. The van der Waals surface area contributed by atoms with E-state index in [0.29, 0.717) is 12.8 Å². The fourth-order valence-electron chi connectivity index (χ4n) is 1.60. The summed E-state index contributed by atoms with van der Waals surface area (Å²) >= 11 is 0. The summed E-state index contributed by atoms with van der Waals surface area (Å²) < 4.78 is 22.3.